The molecule has 3 rings (SSSR count). The van der Waals surface area contributed by atoms with Crippen LogP contribution >= 0.6 is 0 Å². The predicted octanol–water partition coefficient (Wildman–Crippen LogP) is 1.36. The highest BCUT2D eigenvalue weighted by Gasteiger charge is 2.20. The summed E-state index contributed by atoms with van der Waals surface area (Å²) >= 11 is 0. The Bertz CT molecular complexity index is 798. The highest BCUT2D eigenvalue weighted by atomic mass is 16.5. The van der Waals surface area contributed by atoms with E-state index in [4.69, 9.17) is 4.74 Å². The molecule has 0 unspecified atom stereocenters. The van der Waals surface area contributed by atoms with E-state index in [9.17, 15) is 4.79 Å². The van der Waals surface area contributed by atoms with E-state index in [0.29, 0.717) is 0 Å². The smallest absolute Gasteiger partial charge is 0.266 e. The fraction of sp³-hybridized carbons (Fsp3) is 0.471. The summed E-state index contributed by atoms with van der Waals surface area (Å²) in [6, 6.07) is 1.70. The van der Waals surface area contributed by atoms with Crippen molar-refractivity contribution in [3.05, 3.63) is 50.7 Å². The van der Waals surface area contributed by atoms with Crippen LogP contribution in [0.15, 0.2) is 17.1 Å². The van der Waals surface area contributed by atoms with Crippen molar-refractivity contribution >= 4 is 0 Å². The van der Waals surface area contributed by atoms with E-state index in [1.165, 1.54) is 4.68 Å². The predicted molar refractivity (Wildman–Crippen MR) is 87.6 cm³/mol. The number of pyridine rings is 1. The number of methoxy groups -OCH3 is 1. The van der Waals surface area contributed by atoms with Crippen LogP contribution in [0, 0.1) is 13.8 Å². The molecule has 0 fully saturated rings. The second-order valence-corrected chi connectivity index (χ2v) is 6.08. The Morgan fingerprint density at radius 1 is 1.35 bits per heavy atom. The standard InChI is InChI=1S/C17H22N4O2/c1-11-8-18-15(12(2)17(11)23-4)10-21-6-5-14-13(9-21)7-16(22)20(3)19-14/h7-8H,5-6,9-10H2,1-4H3. The van der Waals surface area contributed by atoms with Crippen LogP contribution in [-0.4, -0.2) is 33.3 Å². The van der Waals surface area contributed by atoms with Crippen molar-refractivity contribution in [3.8, 4) is 5.75 Å². The van der Waals surface area contributed by atoms with Gasteiger partial charge in [-0.1, -0.05) is 0 Å². The van der Waals surface area contributed by atoms with Crippen LogP contribution in [-0.2, 0) is 26.6 Å². The second kappa shape index (κ2) is 6.12. The van der Waals surface area contributed by atoms with Crippen LogP contribution in [0.5, 0.6) is 5.75 Å². The first kappa shape index (κ1) is 15.7. The minimum absolute atomic E-state index is 0.0584. The summed E-state index contributed by atoms with van der Waals surface area (Å²) < 4.78 is 6.89. The molecule has 3 heterocycles. The molecule has 0 radical (unpaired) electrons. The molecule has 0 saturated heterocycles. The minimum atomic E-state index is -0.0584. The van der Waals surface area contributed by atoms with Gasteiger partial charge in [-0.05, 0) is 19.4 Å². The van der Waals surface area contributed by atoms with Crippen LogP contribution in [0.2, 0.25) is 0 Å². The van der Waals surface area contributed by atoms with Crippen LogP contribution in [0.25, 0.3) is 0 Å². The van der Waals surface area contributed by atoms with E-state index in [2.05, 4.69) is 15.0 Å². The topological polar surface area (TPSA) is 60.2 Å². The first-order valence-corrected chi connectivity index (χ1v) is 7.77. The van der Waals surface area contributed by atoms with Gasteiger partial charge in [0.25, 0.3) is 5.56 Å². The van der Waals surface area contributed by atoms with Crippen LogP contribution in [0.1, 0.15) is 28.1 Å². The van der Waals surface area contributed by atoms with Gasteiger partial charge in [-0.25, -0.2) is 4.68 Å². The maximum absolute atomic E-state index is 11.8. The second-order valence-electron chi connectivity index (χ2n) is 6.08. The summed E-state index contributed by atoms with van der Waals surface area (Å²) in [6.07, 6.45) is 2.71. The molecule has 0 saturated carbocycles. The SMILES string of the molecule is COc1c(C)cnc(CN2CCc3nn(C)c(=O)cc3C2)c1C. The van der Waals surface area contributed by atoms with Gasteiger partial charge in [0.15, 0.2) is 0 Å². The molecule has 0 bridgehead atoms. The van der Waals surface area contributed by atoms with Gasteiger partial charge in [0.2, 0.25) is 0 Å². The summed E-state index contributed by atoms with van der Waals surface area (Å²) in [7, 11) is 3.39. The van der Waals surface area contributed by atoms with Gasteiger partial charge in [-0.2, -0.15) is 5.10 Å². The van der Waals surface area contributed by atoms with Crippen molar-refractivity contribution in [2.45, 2.75) is 33.4 Å². The van der Waals surface area contributed by atoms with Crippen molar-refractivity contribution in [3.63, 3.8) is 0 Å². The van der Waals surface area contributed by atoms with Crippen LogP contribution < -0.4 is 10.3 Å². The highest BCUT2D eigenvalue weighted by Crippen LogP contribution is 2.26. The van der Waals surface area contributed by atoms with Crippen LogP contribution in [0.4, 0.5) is 0 Å². The van der Waals surface area contributed by atoms with Crippen LogP contribution in [0.3, 0.4) is 0 Å². The lowest BCUT2D eigenvalue weighted by atomic mass is 10.1. The number of hydrogen-bond acceptors (Lipinski definition) is 5. The molecule has 1 aliphatic heterocycles. The lowest BCUT2D eigenvalue weighted by molar-refractivity contribution is 0.237. The number of nitrogens with zero attached hydrogens (tertiary/aromatic N) is 4. The van der Waals surface area contributed by atoms with Gasteiger partial charge in [-0.3, -0.25) is 14.7 Å². The summed E-state index contributed by atoms with van der Waals surface area (Å²) in [5, 5.41) is 4.35. The monoisotopic (exact) mass is 314 g/mol. The molecule has 0 amide bonds. The molecule has 6 heteroatoms. The van der Waals surface area contributed by atoms with E-state index in [1.54, 1.807) is 20.2 Å². The van der Waals surface area contributed by atoms with Crippen molar-refractivity contribution in [1.82, 2.24) is 19.7 Å². The average molecular weight is 314 g/mol. The Hall–Kier alpha value is -2.21. The Morgan fingerprint density at radius 3 is 2.87 bits per heavy atom. The van der Waals surface area contributed by atoms with Crippen molar-refractivity contribution in [2.75, 3.05) is 13.7 Å². The maximum Gasteiger partial charge on any atom is 0.266 e. The fourth-order valence-corrected chi connectivity index (χ4v) is 3.13. The molecular weight excluding hydrogens is 292 g/mol. The summed E-state index contributed by atoms with van der Waals surface area (Å²) in [4.78, 5) is 18.6. The van der Waals surface area contributed by atoms with E-state index in [0.717, 1.165) is 59.9 Å². The molecular formula is C17H22N4O2. The van der Waals surface area contributed by atoms with E-state index in [1.807, 2.05) is 20.0 Å². The molecule has 2 aromatic rings. The number of aryl methyl sites for hydroxylation is 2. The molecule has 2 aromatic heterocycles. The zero-order valence-corrected chi connectivity index (χ0v) is 14.1. The van der Waals surface area contributed by atoms with E-state index in [-0.39, 0.29) is 5.56 Å². The molecule has 0 atom stereocenters. The molecule has 23 heavy (non-hydrogen) atoms. The van der Waals surface area contributed by atoms with E-state index >= 15 is 0 Å². The highest BCUT2D eigenvalue weighted by molar-refractivity contribution is 5.41. The number of hydrogen-bond donors (Lipinski definition) is 0. The summed E-state index contributed by atoms with van der Waals surface area (Å²) in [5.41, 5.74) is 5.14. The Kier molecular flexibility index (Phi) is 4.17. The molecule has 1 aliphatic rings. The maximum atomic E-state index is 11.8. The van der Waals surface area contributed by atoms with Gasteiger partial charge < -0.3 is 4.74 Å². The summed E-state index contributed by atoms with van der Waals surface area (Å²) in [6.45, 7) is 6.44. The van der Waals surface area contributed by atoms with Crippen molar-refractivity contribution < 1.29 is 4.74 Å². The normalized spacial score (nSPS) is 14.6. The zero-order chi connectivity index (χ0) is 16.6. The van der Waals surface area contributed by atoms with Gasteiger partial charge in [0.1, 0.15) is 5.75 Å². The molecule has 6 nitrogen and oxygen atoms in total. The first-order chi connectivity index (χ1) is 11.0. The Morgan fingerprint density at radius 2 is 2.13 bits per heavy atom. The third kappa shape index (κ3) is 2.99. The summed E-state index contributed by atoms with van der Waals surface area (Å²) in [5.74, 6) is 0.906. The molecule has 122 valence electrons. The average Bonchev–Trinajstić information content (AvgIpc) is 2.52. The lowest BCUT2D eigenvalue weighted by Crippen LogP contribution is -2.34. The largest absolute Gasteiger partial charge is 0.496 e. The molecule has 0 aliphatic carbocycles. The number of rotatable bonds is 3. The van der Waals surface area contributed by atoms with Crippen molar-refractivity contribution in [2.24, 2.45) is 7.05 Å². The molecule has 0 N–H and O–H groups in total. The quantitative estimate of drug-likeness (QED) is 0.856. The first-order valence-electron chi connectivity index (χ1n) is 7.77. The third-order valence-corrected chi connectivity index (χ3v) is 4.44. The van der Waals surface area contributed by atoms with E-state index < -0.39 is 0 Å². The van der Waals surface area contributed by atoms with Gasteiger partial charge in [0, 0.05) is 56.5 Å². The van der Waals surface area contributed by atoms with Crippen molar-refractivity contribution in [1.29, 1.82) is 0 Å². The molecule has 0 aromatic carbocycles. The zero-order valence-electron chi connectivity index (χ0n) is 14.1. The molecule has 0 spiro atoms. The third-order valence-electron chi connectivity index (χ3n) is 4.44. The number of aromatic nitrogens is 3. The Labute approximate surface area is 135 Å². The fourth-order valence-electron chi connectivity index (χ4n) is 3.13. The van der Waals surface area contributed by atoms with Gasteiger partial charge >= 0.3 is 0 Å². The Balaban J connectivity index is 1.83. The number of fused-ring (bicyclic) bond motifs is 1. The number of ether oxygens (including phenoxy) is 1. The van der Waals surface area contributed by atoms with Gasteiger partial charge in [0.05, 0.1) is 18.5 Å². The lowest BCUT2D eigenvalue weighted by Gasteiger charge is -2.28. The van der Waals surface area contributed by atoms with Gasteiger partial charge in [-0.15, -0.1) is 0 Å². The minimum Gasteiger partial charge on any atom is -0.496 e.